The van der Waals surface area contributed by atoms with Crippen molar-refractivity contribution in [1.29, 1.82) is 0 Å². The van der Waals surface area contributed by atoms with Gasteiger partial charge in [-0.2, -0.15) is 0 Å². The van der Waals surface area contributed by atoms with E-state index in [1.807, 2.05) is 25.1 Å². The first-order valence-corrected chi connectivity index (χ1v) is 10.4. The molecule has 0 spiro atoms. The molecule has 0 saturated carbocycles. The van der Waals surface area contributed by atoms with Gasteiger partial charge in [0.2, 0.25) is 0 Å². The average molecular weight is 474 g/mol. The number of ether oxygens (including phenoxy) is 2. The maximum absolute atomic E-state index is 11.5. The quantitative estimate of drug-likeness (QED) is 0.471. The molecule has 20 heavy (non-hydrogen) atoms. The zero-order chi connectivity index (χ0) is 15.0. The van der Waals surface area contributed by atoms with Crippen LogP contribution < -0.4 is 10.1 Å². The summed E-state index contributed by atoms with van der Waals surface area (Å²) in [6.07, 6.45) is -0.378. The van der Waals surface area contributed by atoms with Gasteiger partial charge in [0.15, 0.2) is 0 Å². The lowest BCUT2D eigenvalue weighted by atomic mass is 10.0. The zero-order valence-electron chi connectivity index (χ0n) is 11.3. The maximum Gasteiger partial charge on any atom is 0.407 e. The Bertz CT molecular complexity index is 448. The van der Waals surface area contributed by atoms with Crippen molar-refractivity contribution in [2.45, 2.75) is 12.8 Å². The average Bonchev–Trinajstić information content (AvgIpc) is 2.45. The highest BCUT2D eigenvalue weighted by atomic mass is 127. The van der Waals surface area contributed by atoms with Crippen LogP contribution in [-0.2, 0) is 4.74 Å². The van der Waals surface area contributed by atoms with Gasteiger partial charge in [0.25, 0.3) is 0 Å². The molecule has 7 heteroatoms. The van der Waals surface area contributed by atoms with Gasteiger partial charge >= 0.3 is 6.09 Å². The third-order valence-corrected chi connectivity index (χ3v) is 4.80. The Balaban J connectivity index is 2.52. The molecule has 0 aliphatic heterocycles. The van der Waals surface area contributed by atoms with Crippen molar-refractivity contribution in [2.75, 3.05) is 26.0 Å². The highest BCUT2D eigenvalue weighted by Crippen LogP contribution is 2.29. The summed E-state index contributed by atoms with van der Waals surface area (Å²) < 4.78 is 11.4. The molecule has 0 radical (unpaired) electrons. The molecule has 1 atom stereocenters. The summed E-state index contributed by atoms with van der Waals surface area (Å²) >= 11 is 5.62. The fraction of sp³-hybridized carbons (Fsp3) is 0.462. The van der Waals surface area contributed by atoms with E-state index in [0.717, 1.165) is 21.5 Å². The normalized spacial score (nSPS) is 11.8. The predicted molar refractivity (Wildman–Crippen MR) is 94.9 cm³/mol. The van der Waals surface area contributed by atoms with E-state index in [1.54, 1.807) is 16.0 Å². The molecule has 0 unspecified atom stereocenters. The Kier molecular flexibility index (Phi) is 8.70. The molecule has 0 aliphatic rings. The van der Waals surface area contributed by atoms with Gasteiger partial charge in [-0.15, -0.1) is 0 Å². The lowest BCUT2D eigenvalue weighted by Gasteiger charge is -2.16. The number of hydrogen-bond donors (Lipinski definition) is 1. The minimum absolute atomic E-state index is 0.133. The highest BCUT2D eigenvalue weighted by molar-refractivity contribution is 14.2. The van der Waals surface area contributed by atoms with Crippen molar-refractivity contribution in [1.82, 2.24) is 5.32 Å². The van der Waals surface area contributed by atoms with Crippen molar-refractivity contribution in [3.05, 3.63) is 28.2 Å². The minimum Gasteiger partial charge on any atom is -0.496 e. The molecule has 1 N–H and O–H groups in total. The zero-order valence-corrected chi connectivity index (χ0v) is 15.9. The number of methoxy groups -OCH3 is 1. The Morgan fingerprint density at radius 1 is 1.55 bits per heavy atom. The summed E-state index contributed by atoms with van der Waals surface area (Å²) in [4.78, 5) is 11.5. The number of nitrogens with one attached hydrogen (secondary N) is 1. The molecule has 1 aromatic carbocycles. The second-order valence-electron chi connectivity index (χ2n) is 4.12. The molecule has 0 fully saturated rings. The maximum atomic E-state index is 11.5. The Morgan fingerprint density at radius 3 is 2.95 bits per heavy atom. The summed E-state index contributed by atoms with van der Waals surface area (Å²) in [5.41, 5.74) is 1.05. The summed E-state index contributed by atoms with van der Waals surface area (Å²) in [5, 5.41) is 2.77. The minimum atomic E-state index is -0.378. The molecule has 0 aliphatic carbocycles. The molecular formula is C13H17BrINO3S. The van der Waals surface area contributed by atoms with Crippen LogP contribution >= 0.6 is 46.1 Å². The van der Waals surface area contributed by atoms with Gasteiger partial charge in [0.05, 0.1) is 7.11 Å². The van der Waals surface area contributed by atoms with Gasteiger partial charge in [-0.1, -0.05) is 31.8 Å². The molecule has 1 rings (SSSR count). The fourth-order valence-corrected chi connectivity index (χ4v) is 2.72. The highest BCUT2D eigenvalue weighted by Gasteiger charge is 2.13. The van der Waals surface area contributed by atoms with Crippen LogP contribution in [0.3, 0.4) is 0 Å². The van der Waals surface area contributed by atoms with Crippen molar-refractivity contribution in [2.24, 2.45) is 0 Å². The number of carbonyl (C=O) groups is 1. The fourth-order valence-electron chi connectivity index (χ4n) is 1.65. The lowest BCUT2D eigenvalue weighted by Crippen LogP contribution is -2.28. The second kappa shape index (κ2) is 9.73. The molecule has 112 valence electrons. The van der Waals surface area contributed by atoms with Crippen LogP contribution in [0.2, 0.25) is 0 Å². The summed E-state index contributed by atoms with van der Waals surface area (Å²) in [6.45, 7) is 2.96. The number of carbonyl (C=O) groups excluding carboxylic acids is 1. The van der Waals surface area contributed by atoms with E-state index < -0.39 is 0 Å². The van der Waals surface area contributed by atoms with Gasteiger partial charge in [-0.25, -0.2) is 4.79 Å². The standard InChI is InChI=1S/C13H17BrINO3S/c1-9(8-16-13(17)19-5-6-20-15)11-7-10(14)3-4-12(11)18-2/h3-4,7,9H,5-6,8H2,1-2H3,(H,16,17)/t9-/m0/s1. The lowest BCUT2D eigenvalue weighted by molar-refractivity contribution is 0.153. The number of alkyl carbamates (subject to hydrolysis) is 1. The van der Waals surface area contributed by atoms with E-state index in [2.05, 4.69) is 42.5 Å². The third-order valence-electron chi connectivity index (χ3n) is 2.67. The largest absolute Gasteiger partial charge is 0.496 e. The van der Waals surface area contributed by atoms with Crippen LogP contribution in [-0.4, -0.2) is 32.1 Å². The molecule has 0 heterocycles. The van der Waals surface area contributed by atoms with Gasteiger partial charge in [0.1, 0.15) is 12.4 Å². The van der Waals surface area contributed by atoms with Crippen molar-refractivity contribution >= 4 is 52.2 Å². The molecule has 1 aromatic rings. The predicted octanol–water partition coefficient (Wildman–Crippen LogP) is 4.37. The Morgan fingerprint density at radius 2 is 2.30 bits per heavy atom. The molecule has 0 saturated heterocycles. The summed E-state index contributed by atoms with van der Waals surface area (Å²) in [6, 6.07) is 5.84. The van der Waals surface area contributed by atoms with Crippen LogP contribution in [0.25, 0.3) is 0 Å². The van der Waals surface area contributed by atoms with Gasteiger partial charge in [0, 0.05) is 22.7 Å². The number of halogens is 2. The van der Waals surface area contributed by atoms with Crippen molar-refractivity contribution < 1.29 is 14.3 Å². The van der Waals surface area contributed by atoms with E-state index in [1.165, 1.54) is 0 Å². The SMILES string of the molecule is COc1ccc(Br)cc1[C@@H](C)CNC(=O)OCCSI. The van der Waals surface area contributed by atoms with Crippen LogP contribution in [0, 0.1) is 0 Å². The first kappa shape index (κ1) is 17.9. The van der Waals surface area contributed by atoms with E-state index in [0.29, 0.717) is 13.2 Å². The molecule has 0 aromatic heterocycles. The van der Waals surface area contributed by atoms with E-state index >= 15 is 0 Å². The van der Waals surface area contributed by atoms with Crippen LogP contribution in [0.1, 0.15) is 18.4 Å². The number of amides is 1. The van der Waals surface area contributed by atoms with Crippen molar-refractivity contribution in [3.63, 3.8) is 0 Å². The molecule has 0 bridgehead atoms. The number of benzene rings is 1. The van der Waals surface area contributed by atoms with Crippen LogP contribution in [0.4, 0.5) is 4.79 Å². The third kappa shape index (κ3) is 6.09. The Hall–Kier alpha value is -0.150. The number of rotatable bonds is 7. The second-order valence-corrected chi connectivity index (χ2v) is 7.53. The summed E-state index contributed by atoms with van der Waals surface area (Å²) in [7, 11) is 3.26. The Labute approximate surface area is 144 Å². The summed E-state index contributed by atoms with van der Waals surface area (Å²) in [5.74, 6) is 1.74. The topological polar surface area (TPSA) is 47.6 Å². The van der Waals surface area contributed by atoms with Gasteiger partial charge < -0.3 is 14.8 Å². The van der Waals surface area contributed by atoms with E-state index in [-0.39, 0.29) is 12.0 Å². The van der Waals surface area contributed by atoms with Crippen LogP contribution in [0.5, 0.6) is 5.75 Å². The smallest absolute Gasteiger partial charge is 0.407 e. The van der Waals surface area contributed by atoms with Crippen molar-refractivity contribution in [3.8, 4) is 5.75 Å². The monoisotopic (exact) mass is 473 g/mol. The van der Waals surface area contributed by atoms with Gasteiger partial charge in [-0.3, -0.25) is 0 Å². The first-order chi connectivity index (χ1) is 9.58. The molecular weight excluding hydrogens is 457 g/mol. The van der Waals surface area contributed by atoms with Gasteiger partial charge in [-0.05, 0) is 45.0 Å². The number of hydrogen-bond acceptors (Lipinski definition) is 4. The van der Waals surface area contributed by atoms with E-state index in [4.69, 9.17) is 9.47 Å². The first-order valence-electron chi connectivity index (χ1n) is 6.06. The molecule has 4 nitrogen and oxygen atoms in total. The molecule has 1 amide bonds. The van der Waals surface area contributed by atoms with E-state index in [9.17, 15) is 4.79 Å². The van der Waals surface area contributed by atoms with Crippen LogP contribution in [0.15, 0.2) is 22.7 Å².